The Labute approximate surface area is 765 Å². The third kappa shape index (κ3) is 53.5. The molecule has 0 aliphatic carbocycles. The highest BCUT2D eigenvalue weighted by Crippen LogP contribution is 2.33. The average molecular weight is 1880 g/mol. The summed E-state index contributed by atoms with van der Waals surface area (Å²) in [5.74, 6) is -9.69. The van der Waals surface area contributed by atoms with Crippen molar-refractivity contribution in [3.63, 3.8) is 0 Å². The third-order valence-corrected chi connectivity index (χ3v) is 19.6. The molecule has 15 atom stereocenters. The molecule has 0 aromatic rings. The SMILES string of the molecule is CC.COCCCCCCCC(=O)CCCC(=O)NC(CCC(=O)CCCOCCOCCOC1OC(COC(C)=O)C(OC(C)=O)C(OC(C)=O)C1NC(C)=O)(CCC(=O)CCCOCCOCCOC1OC(COC(C)=O)C(OC(C)=O)C(OC(C)=O)C1NC(C)=O)CCC(=O)NCCOCCOCCOC1OC(COC(C)=O)C(OC(C)=O)C(OC(C)=O)C1NC(C)=O. The van der Waals surface area contributed by atoms with Crippen molar-refractivity contribution in [2.45, 2.75) is 316 Å². The molecule has 0 radical (unpaired) electrons. The number of amides is 5. The van der Waals surface area contributed by atoms with Crippen molar-refractivity contribution in [3.05, 3.63) is 0 Å². The molecule has 5 amide bonds. The molecule has 3 aliphatic rings. The van der Waals surface area contributed by atoms with E-state index in [2.05, 4.69) is 26.6 Å². The van der Waals surface area contributed by atoms with Crippen LogP contribution in [0.15, 0.2) is 0 Å². The van der Waals surface area contributed by atoms with Gasteiger partial charge in [0.2, 0.25) is 29.5 Å². The number of carbonyl (C=O) groups excluding carboxylic acids is 17. The topological polar surface area (TPSA) is 553 Å². The highest BCUT2D eigenvalue weighted by molar-refractivity contribution is 5.83. The maximum atomic E-state index is 14.2. The fourth-order valence-electron chi connectivity index (χ4n) is 14.0. The van der Waals surface area contributed by atoms with Gasteiger partial charge in [-0.05, 0) is 51.4 Å². The van der Waals surface area contributed by atoms with E-state index < -0.39 is 201 Å². The predicted octanol–water partition coefficient (Wildman–Crippen LogP) is 2.87. The molecule has 0 spiro atoms. The number of unbranched alkanes of at least 4 members (excludes halogenated alkanes) is 4. The van der Waals surface area contributed by atoms with Gasteiger partial charge in [-0.15, -0.1) is 0 Å². The van der Waals surface area contributed by atoms with Crippen molar-refractivity contribution >= 4 is 101 Å². The molecule has 0 saturated carbocycles. The summed E-state index contributed by atoms with van der Waals surface area (Å²) in [6.45, 7) is 17.3. The molecular weight excluding hydrogens is 1740 g/mol. The first-order valence-electron chi connectivity index (χ1n) is 44.6. The van der Waals surface area contributed by atoms with E-state index in [0.29, 0.717) is 19.4 Å². The van der Waals surface area contributed by atoms with Crippen LogP contribution in [0.2, 0.25) is 0 Å². The van der Waals surface area contributed by atoms with Crippen molar-refractivity contribution < 1.29 is 186 Å². The van der Waals surface area contributed by atoms with Crippen LogP contribution in [0, 0.1) is 0 Å². The zero-order chi connectivity index (χ0) is 97.6. The Morgan fingerprint density at radius 1 is 0.282 bits per heavy atom. The summed E-state index contributed by atoms with van der Waals surface area (Å²) in [6, 6.07) is -3.57. The minimum absolute atomic E-state index is 0.00189. The van der Waals surface area contributed by atoms with E-state index in [1.54, 1.807) is 7.11 Å². The van der Waals surface area contributed by atoms with Gasteiger partial charge in [0.1, 0.15) is 73.6 Å². The lowest BCUT2D eigenvalue weighted by atomic mass is 9.81. The monoisotopic (exact) mass is 1880 g/mol. The second kappa shape index (κ2) is 69.0. The summed E-state index contributed by atoms with van der Waals surface area (Å²) in [7, 11) is 1.64. The van der Waals surface area contributed by atoms with Gasteiger partial charge in [-0.1, -0.05) is 33.1 Å². The van der Waals surface area contributed by atoms with E-state index in [-0.39, 0.29) is 206 Å². The van der Waals surface area contributed by atoms with Crippen molar-refractivity contribution in [3.8, 4) is 0 Å². The largest absolute Gasteiger partial charge is 0.463 e. The lowest BCUT2D eigenvalue weighted by molar-refractivity contribution is -0.279. The van der Waals surface area contributed by atoms with Gasteiger partial charge in [0.25, 0.3) is 0 Å². The number of Topliss-reactive ketones (excluding diaryl/α,β-unsaturated/α-hetero) is 3. The van der Waals surface area contributed by atoms with Gasteiger partial charge in [-0.2, -0.15) is 0 Å². The van der Waals surface area contributed by atoms with E-state index >= 15 is 0 Å². The van der Waals surface area contributed by atoms with Gasteiger partial charge in [0.05, 0.1) is 85.9 Å². The molecule has 3 rings (SSSR count). The van der Waals surface area contributed by atoms with E-state index in [4.69, 9.17) is 104 Å². The van der Waals surface area contributed by atoms with Crippen molar-refractivity contribution in [2.75, 3.05) is 139 Å². The summed E-state index contributed by atoms with van der Waals surface area (Å²) >= 11 is 0. The highest BCUT2D eigenvalue weighted by atomic mass is 16.7. The Balaban J connectivity index is 0.0000288. The fraction of sp³-hybridized carbons (Fsp3) is 0.805. The molecule has 3 saturated heterocycles. The Morgan fingerprint density at radius 3 is 0.908 bits per heavy atom. The van der Waals surface area contributed by atoms with Crippen molar-refractivity contribution in [1.29, 1.82) is 0 Å². The van der Waals surface area contributed by atoms with Crippen LogP contribution in [0.25, 0.3) is 0 Å². The van der Waals surface area contributed by atoms with Crippen molar-refractivity contribution in [2.24, 2.45) is 0 Å². The van der Waals surface area contributed by atoms with E-state index in [1.807, 2.05) is 13.8 Å². The Morgan fingerprint density at radius 2 is 0.573 bits per heavy atom. The smallest absolute Gasteiger partial charge is 0.303 e. The molecule has 0 aromatic carbocycles. The number of methoxy groups -OCH3 is 1. The third-order valence-electron chi connectivity index (χ3n) is 19.6. The molecule has 0 bridgehead atoms. The molecule has 44 nitrogen and oxygen atoms in total. The van der Waals surface area contributed by atoms with Crippen LogP contribution in [0.1, 0.15) is 219 Å². The second-order valence-corrected chi connectivity index (χ2v) is 30.8. The summed E-state index contributed by atoms with van der Waals surface area (Å²) in [4.78, 5) is 215. The Hall–Kier alpha value is -8.93. The molecule has 131 heavy (non-hydrogen) atoms. The van der Waals surface area contributed by atoms with E-state index in [1.165, 1.54) is 20.8 Å². The van der Waals surface area contributed by atoms with E-state index in [9.17, 15) is 81.5 Å². The van der Waals surface area contributed by atoms with Crippen LogP contribution in [-0.4, -0.2) is 337 Å². The zero-order valence-electron chi connectivity index (χ0n) is 78.7. The maximum absolute atomic E-state index is 14.2. The number of ketones is 3. The second-order valence-electron chi connectivity index (χ2n) is 30.8. The van der Waals surface area contributed by atoms with Crippen LogP contribution in [-0.2, 0) is 186 Å². The number of rotatable bonds is 69. The Bertz CT molecular complexity index is 3170. The number of esters is 9. The average Bonchev–Trinajstić information content (AvgIpc) is 0.794. The number of carbonyl (C=O) groups is 17. The van der Waals surface area contributed by atoms with E-state index in [0.717, 1.165) is 88.0 Å². The number of hydrogen-bond acceptors (Lipinski definition) is 39. The number of ether oxygens (including phenoxy) is 22. The molecule has 44 heteroatoms. The lowest BCUT2D eigenvalue weighted by Gasteiger charge is -2.44. The van der Waals surface area contributed by atoms with Crippen LogP contribution < -0.4 is 26.6 Å². The summed E-state index contributed by atoms with van der Waals surface area (Å²) < 4.78 is 124. The van der Waals surface area contributed by atoms with Gasteiger partial charge >= 0.3 is 53.7 Å². The van der Waals surface area contributed by atoms with Gasteiger partial charge in [0.15, 0.2) is 55.5 Å². The molecule has 5 N–H and O–H groups in total. The molecule has 0 aromatic heterocycles. The quantitative estimate of drug-likeness (QED) is 0.0332. The van der Waals surface area contributed by atoms with Crippen LogP contribution in [0.3, 0.4) is 0 Å². The first kappa shape index (κ1) is 118. The summed E-state index contributed by atoms with van der Waals surface area (Å²) in [5, 5.41) is 13.8. The predicted molar refractivity (Wildman–Crippen MR) is 455 cm³/mol. The van der Waals surface area contributed by atoms with Gasteiger partial charge in [-0.3, -0.25) is 81.5 Å². The summed E-state index contributed by atoms with van der Waals surface area (Å²) in [6.07, 6.45) is -10.1. The highest BCUT2D eigenvalue weighted by Gasteiger charge is 2.55. The van der Waals surface area contributed by atoms with Gasteiger partial charge in [0, 0.05) is 173 Å². The molecular formula is C87H143N5O39. The minimum atomic E-state index is -1.33. The van der Waals surface area contributed by atoms with Crippen LogP contribution >= 0.6 is 0 Å². The zero-order valence-corrected chi connectivity index (χ0v) is 78.7. The Kier molecular flexibility index (Phi) is 62.2. The molecule has 3 aliphatic heterocycles. The summed E-state index contributed by atoms with van der Waals surface area (Å²) in [5.41, 5.74) is -1.30. The van der Waals surface area contributed by atoms with Gasteiger partial charge in [-0.25, -0.2) is 0 Å². The normalized spacial score (nSPS) is 21.9. The lowest BCUT2D eigenvalue weighted by Crippen LogP contribution is -2.66. The molecule has 15 unspecified atom stereocenters. The standard InChI is InChI=1S/C85H137N5O39.C2H6/c1-53(91)87-73-79(124-62(10)100)76(121-59(7)97)68(50-118-56(4)94)127-82(73)115-47-44-112-41-38-109-35-20-24-66(104)27-30-85(90-72(107)26-19-23-65(103)22-17-15-14-16-18-34-108-13,31-28-67(105)25-21-36-110-39-42-113-45-48-116-83-74(88-54(2)92)80(125-63(11)101)77(122-60(8)98)69(128-83)51-119-57(5)95)32-29-71(106)86-33-37-111-40-43-114-46-49-117-84-75(89-55(3)93)81(126-64(12)102)78(123-61(9)99)70(129-84)52-120-58(6)96;1-2/h68-70,73-84H,14-52H2,1-13H3,(H,86,106)(H,87,91)(H,88,92)(H,89,93)(H,90,107);1-2H3. The van der Waals surface area contributed by atoms with Gasteiger partial charge < -0.3 is 131 Å². The number of hydrogen-bond donors (Lipinski definition) is 5. The van der Waals surface area contributed by atoms with Crippen LogP contribution in [0.4, 0.5) is 0 Å². The van der Waals surface area contributed by atoms with Crippen molar-refractivity contribution in [1.82, 2.24) is 26.6 Å². The van der Waals surface area contributed by atoms with Crippen LogP contribution in [0.5, 0.6) is 0 Å². The minimum Gasteiger partial charge on any atom is -0.463 e. The first-order chi connectivity index (χ1) is 62.4. The molecule has 3 heterocycles. The maximum Gasteiger partial charge on any atom is 0.303 e. The number of nitrogens with one attached hydrogen (secondary N) is 5. The molecule has 3 fully saturated rings. The fourth-order valence-corrected chi connectivity index (χ4v) is 14.0. The first-order valence-corrected chi connectivity index (χ1v) is 44.6. The molecule has 750 valence electrons.